The number of allylic oxidation sites excluding steroid dienone is 2. The van der Waals surface area contributed by atoms with Crippen molar-refractivity contribution in [1.29, 1.82) is 0 Å². The van der Waals surface area contributed by atoms with Crippen LogP contribution in [0.3, 0.4) is 0 Å². The lowest BCUT2D eigenvalue weighted by molar-refractivity contribution is -0.137. The highest BCUT2D eigenvalue weighted by Gasteiger charge is 2.47. The van der Waals surface area contributed by atoms with Gasteiger partial charge in [0.05, 0.1) is 18.8 Å². The molecule has 6 heteroatoms. The van der Waals surface area contributed by atoms with E-state index in [-0.39, 0.29) is 6.42 Å². The Morgan fingerprint density at radius 3 is 2.71 bits per heavy atom. The molecule has 2 bridgehead atoms. The van der Waals surface area contributed by atoms with Crippen molar-refractivity contribution in [2.75, 3.05) is 13.2 Å². The fourth-order valence-corrected chi connectivity index (χ4v) is 4.59. The number of fused-ring (bicyclic) bond motifs is 2. The van der Waals surface area contributed by atoms with Crippen molar-refractivity contribution >= 4 is 23.4 Å². The van der Waals surface area contributed by atoms with Crippen molar-refractivity contribution in [2.24, 2.45) is 11.8 Å². The minimum atomic E-state index is -0.712. The van der Waals surface area contributed by atoms with Gasteiger partial charge in [-0.15, -0.1) is 0 Å². The van der Waals surface area contributed by atoms with Gasteiger partial charge in [-0.05, 0) is 81.8 Å². The smallest absolute Gasteiger partial charge is 0.303 e. The van der Waals surface area contributed by atoms with Crippen LogP contribution in [0, 0.1) is 11.8 Å². The molecule has 0 spiro atoms. The summed E-state index contributed by atoms with van der Waals surface area (Å²) in [6.45, 7) is 3.74. The van der Waals surface area contributed by atoms with Crippen LogP contribution in [0.5, 0.6) is 0 Å². The largest absolute Gasteiger partial charge is 0.481 e. The summed E-state index contributed by atoms with van der Waals surface area (Å²) in [5, 5.41) is 12.4. The summed E-state index contributed by atoms with van der Waals surface area (Å²) < 4.78 is 11.8. The Kier molecular flexibility index (Phi) is 10.9. The fraction of sp³-hybridized carbons (Fsp3) is 0.818. The first-order valence-electron chi connectivity index (χ1n) is 11.0. The molecule has 2 aliphatic heterocycles. The predicted molar refractivity (Wildman–Crippen MR) is 115 cm³/mol. The number of unbranched alkanes of at least 4 members (excludes halogenated alkanes) is 3. The van der Waals surface area contributed by atoms with Crippen LogP contribution in [-0.2, 0) is 14.3 Å². The molecule has 2 rings (SSSR count). The molecule has 2 fully saturated rings. The van der Waals surface area contributed by atoms with Crippen molar-refractivity contribution in [1.82, 2.24) is 5.32 Å². The summed E-state index contributed by atoms with van der Waals surface area (Å²) in [5.41, 5.74) is 0. The van der Waals surface area contributed by atoms with E-state index >= 15 is 0 Å². The van der Waals surface area contributed by atoms with Gasteiger partial charge in [-0.3, -0.25) is 4.79 Å². The molecule has 0 aliphatic carbocycles. The Morgan fingerprint density at radius 2 is 1.96 bits per heavy atom. The molecular weight excluding hydrogens is 374 g/mol. The van der Waals surface area contributed by atoms with E-state index in [0.717, 1.165) is 51.5 Å². The van der Waals surface area contributed by atoms with Gasteiger partial charge in [-0.1, -0.05) is 25.5 Å². The van der Waals surface area contributed by atoms with Crippen LogP contribution >= 0.6 is 12.2 Å². The van der Waals surface area contributed by atoms with Crippen molar-refractivity contribution in [3.63, 3.8) is 0 Å². The van der Waals surface area contributed by atoms with E-state index in [0.29, 0.717) is 35.8 Å². The quantitative estimate of drug-likeness (QED) is 0.242. The van der Waals surface area contributed by atoms with Crippen LogP contribution in [0.15, 0.2) is 12.2 Å². The van der Waals surface area contributed by atoms with E-state index in [9.17, 15) is 4.79 Å². The second kappa shape index (κ2) is 13.2. The molecule has 28 heavy (non-hydrogen) atoms. The first-order chi connectivity index (χ1) is 13.6. The zero-order valence-electron chi connectivity index (χ0n) is 17.2. The molecule has 4 atom stereocenters. The van der Waals surface area contributed by atoms with Gasteiger partial charge >= 0.3 is 5.97 Å². The standard InChI is InChI=1S/C22H37NO4S/c1-2-3-15-23-22(28)26-16-9-8-11-18-17(19-13-14-20(18)27-19)10-6-4-5-7-12-21(24)25/h4,6,17-20H,2-3,5,7-16H2,1H3,(H,23,28)(H,24,25)/b6-4-/t17-,18+,19-,20+/m1/s1. The molecule has 2 aliphatic rings. The molecule has 2 heterocycles. The summed E-state index contributed by atoms with van der Waals surface area (Å²) in [5.74, 6) is 0.556. The van der Waals surface area contributed by atoms with Crippen LogP contribution < -0.4 is 5.32 Å². The van der Waals surface area contributed by atoms with Gasteiger partial charge in [0.15, 0.2) is 0 Å². The van der Waals surface area contributed by atoms with Gasteiger partial charge in [0.25, 0.3) is 5.17 Å². The average molecular weight is 412 g/mol. The Bertz CT molecular complexity index is 511. The van der Waals surface area contributed by atoms with Gasteiger partial charge in [0, 0.05) is 13.0 Å². The van der Waals surface area contributed by atoms with Crippen molar-refractivity contribution in [2.45, 2.75) is 89.8 Å². The van der Waals surface area contributed by atoms with E-state index < -0.39 is 5.97 Å². The van der Waals surface area contributed by atoms with Gasteiger partial charge in [0.2, 0.25) is 0 Å². The number of nitrogens with one attached hydrogen (secondary N) is 1. The van der Waals surface area contributed by atoms with E-state index in [1.165, 1.54) is 19.3 Å². The fourth-order valence-electron chi connectivity index (χ4n) is 4.40. The zero-order valence-corrected chi connectivity index (χ0v) is 18.1. The van der Waals surface area contributed by atoms with E-state index in [1.807, 2.05) is 0 Å². The topological polar surface area (TPSA) is 67.8 Å². The number of carboxylic acid groups (broad SMARTS) is 1. The Morgan fingerprint density at radius 1 is 1.18 bits per heavy atom. The Labute approximate surface area is 175 Å². The van der Waals surface area contributed by atoms with Crippen LogP contribution in [-0.4, -0.2) is 41.6 Å². The van der Waals surface area contributed by atoms with Gasteiger partial charge < -0.3 is 19.9 Å². The number of aliphatic carboxylic acids is 1. The highest BCUT2D eigenvalue weighted by Crippen LogP contribution is 2.47. The third-order valence-corrected chi connectivity index (χ3v) is 6.15. The predicted octanol–water partition coefficient (Wildman–Crippen LogP) is 4.84. The molecule has 0 radical (unpaired) electrons. The summed E-state index contributed by atoms with van der Waals surface area (Å²) in [4.78, 5) is 10.6. The number of thiocarbonyl (C=S) groups is 1. The molecule has 2 saturated heterocycles. The third kappa shape index (κ3) is 8.08. The maximum Gasteiger partial charge on any atom is 0.303 e. The van der Waals surface area contributed by atoms with Crippen LogP contribution in [0.4, 0.5) is 0 Å². The van der Waals surface area contributed by atoms with Gasteiger partial charge in [0.1, 0.15) is 0 Å². The molecule has 0 aromatic heterocycles. The third-order valence-electron chi connectivity index (χ3n) is 5.89. The number of hydrogen-bond acceptors (Lipinski definition) is 4. The molecule has 160 valence electrons. The number of carboxylic acids is 1. The van der Waals surface area contributed by atoms with Crippen molar-refractivity contribution < 1.29 is 19.4 Å². The minimum Gasteiger partial charge on any atom is -0.481 e. The molecular formula is C22H37NO4S. The van der Waals surface area contributed by atoms with Crippen LogP contribution in [0.2, 0.25) is 0 Å². The molecule has 5 nitrogen and oxygen atoms in total. The van der Waals surface area contributed by atoms with Gasteiger partial charge in [-0.25, -0.2) is 0 Å². The molecule has 0 aromatic carbocycles. The number of hydrogen-bond donors (Lipinski definition) is 2. The van der Waals surface area contributed by atoms with Crippen LogP contribution in [0.1, 0.15) is 77.6 Å². The second-order valence-electron chi connectivity index (χ2n) is 8.02. The zero-order chi connectivity index (χ0) is 20.2. The van der Waals surface area contributed by atoms with E-state index in [2.05, 4.69) is 24.4 Å². The molecule has 0 aromatic rings. The highest BCUT2D eigenvalue weighted by atomic mass is 32.1. The SMILES string of the molecule is CCCCNC(=S)OCCCC[C@H]1[C@@H](C/C=C\CCCC(=O)O)[C@H]2CC[C@@H]1O2. The molecule has 0 unspecified atom stereocenters. The van der Waals surface area contributed by atoms with Crippen molar-refractivity contribution in [3.05, 3.63) is 12.2 Å². The van der Waals surface area contributed by atoms with E-state index in [1.54, 1.807) is 0 Å². The first kappa shape index (κ1) is 23.1. The minimum absolute atomic E-state index is 0.254. The van der Waals surface area contributed by atoms with E-state index in [4.69, 9.17) is 26.8 Å². The lowest BCUT2D eigenvalue weighted by Gasteiger charge is -2.27. The number of rotatable bonds is 14. The summed E-state index contributed by atoms with van der Waals surface area (Å²) >= 11 is 5.18. The molecule has 0 saturated carbocycles. The number of carbonyl (C=O) groups is 1. The van der Waals surface area contributed by atoms with Crippen molar-refractivity contribution in [3.8, 4) is 0 Å². The summed E-state index contributed by atoms with van der Waals surface area (Å²) in [7, 11) is 0. The molecule has 2 N–H and O–H groups in total. The Hall–Kier alpha value is -1.14. The Balaban J connectivity index is 1.61. The lowest BCUT2D eigenvalue weighted by Crippen LogP contribution is -2.27. The highest BCUT2D eigenvalue weighted by molar-refractivity contribution is 7.80. The first-order valence-corrected chi connectivity index (χ1v) is 11.5. The van der Waals surface area contributed by atoms with Gasteiger partial charge in [-0.2, -0.15) is 0 Å². The average Bonchev–Trinajstić information content (AvgIpc) is 3.26. The normalized spacial score (nSPS) is 26.0. The summed E-state index contributed by atoms with van der Waals surface area (Å²) in [6.07, 6.45) is 16.2. The maximum absolute atomic E-state index is 10.6. The summed E-state index contributed by atoms with van der Waals surface area (Å²) in [6, 6.07) is 0. The monoisotopic (exact) mass is 411 g/mol. The maximum atomic E-state index is 10.6. The second-order valence-corrected chi connectivity index (χ2v) is 8.39. The lowest BCUT2D eigenvalue weighted by atomic mass is 9.75. The molecule has 0 amide bonds. The number of ether oxygens (including phenoxy) is 2. The van der Waals surface area contributed by atoms with Crippen LogP contribution in [0.25, 0.3) is 0 Å².